The molecule has 0 aromatic heterocycles. The van der Waals surface area contributed by atoms with Gasteiger partial charge >= 0.3 is 5.97 Å². The fraction of sp³-hybridized carbons (Fsp3) is 0.364. The molecule has 112 valence electrons. The molecule has 5 N–H and O–H groups in total. The van der Waals surface area contributed by atoms with Crippen LogP contribution in [0.15, 0.2) is 21.9 Å². The molecular weight excluding hydrogens is 304 g/mol. The van der Waals surface area contributed by atoms with Crippen molar-refractivity contribution in [3.8, 4) is 0 Å². The Labute approximate surface area is 119 Å². The molecule has 0 aliphatic carbocycles. The topological polar surface area (TPSA) is 141 Å². The van der Waals surface area contributed by atoms with E-state index >= 15 is 0 Å². The van der Waals surface area contributed by atoms with Crippen molar-refractivity contribution in [3.63, 3.8) is 0 Å². The van der Waals surface area contributed by atoms with Crippen LogP contribution in [0.2, 0.25) is 0 Å². The molecule has 0 aliphatic rings. The third kappa shape index (κ3) is 3.78. The summed E-state index contributed by atoms with van der Waals surface area (Å²) in [6, 6.07) is 1.96. The van der Waals surface area contributed by atoms with Crippen molar-refractivity contribution in [1.29, 1.82) is 0 Å². The molecule has 0 saturated carbocycles. The Balaban J connectivity index is 3.50. The van der Waals surface area contributed by atoms with Crippen LogP contribution in [0.4, 0.5) is 5.69 Å². The van der Waals surface area contributed by atoms with Crippen molar-refractivity contribution in [2.45, 2.75) is 29.6 Å². The van der Waals surface area contributed by atoms with Crippen molar-refractivity contribution >= 4 is 32.5 Å². The first-order valence-electron chi connectivity index (χ1n) is 5.76. The van der Waals surface area contributed by atoms with E-state index in [1.807, 2.05) is 6.92 Å². The van der Waals surface area contributed by atoms with Crippen LogP contribution >= 0.6 is 0 Å². The number of anilines is 1. The summed E-state index contributed by atoms with van der Waals surface area (Å²) in [5, 5.41) is 14.0. The van der Waals surface area contributed by atoms with E-state index in [9.17, 15) is 17.4 Å². The highest BCUT2D eigenvalue weighted by atomic mass is 32.2. The average molecular weight is 320 g/mol. The number of unbranched alkanes of at least 4 members (excludes halogenated alkanes) is 1. The summed E-state index contributed by atoms with van der Waals surface area (Å²) in [5.41, 5.74) is 5.19. The highest BCUT2D eigenvalue weighted by Crippen LogP contribution is 2.27. The molecule has 1 aromatic carbocycles. The maximum Gasteiger partial charge on any atom is 0.335 e. The van der Waals surface area contributed by atoms with Gasteiger partial charge in [0.15, 0.2) is 0 Å². The summed E-state index contributed by atoms with van der Waals surface area (Å²) in [7, 11) is -5.87. The maximum atomic E-state index is 12.1. The lowest BCUT2D eigenvalue weighted by atomic mass is 10.2. The highest BCUT2D eigenvalue weighted by molar-refractivity contribution is 7.90. The van der Waals surface area contributed by atoms with E-state index in [0.717, 1.165) is 18.6 Å². The number of carboxylic acid groups (broad SMARTS) is 1. The van der Waals surface area contributed by atoms with Crippen molar-refractivity contribution in [2.75, 3.05) is 11.5 Å². The lowest BCUT2D eigenvalue weighted by molar-refractivity contribution is 0.0696. The molecule has 0 amide bonds. The molecule has 9 heteroatoms. The molecule has 0 radical (unpaired) electrons. The van der Waals surface area contributed by atoms with E-state index in [0.29, 0.717) is 6.42 Å². The minimum absolute atomic E-state index is 0.119. The number of hydrogen-bond acceptors (Lipinski definition) is 5. The summed E-state index contributed by atoms with van der Waals surface area (Å²) < 4.78 is 35.2. The highest BCUT2D eigenvalue weighted by Gasteiger charge is 2.23. The van der Waals surface area contributed by atoms with Crippen LogP contribution in [-0.2, 0) is 20.8 Å². The fourth-order valence-electron chi connectivity index (χ4n) is 1.58. The molecule has 7 nitrogen and oxygen atoms in total. The molecule has 0 saturated heterocycles. The van der Waals surface area contributed by atoms with Crippen LogP contribution in [0.5, 0.6) is 0 Å². The first-order chi connectivity index (χ1) is 9.18. The quantitative estimate of drug-likeness (QED) is 0.653. The number of sulfonamides is 1. The first kappa shape index (κ1) is 16.6. The number of carboxylic acids is 1. The monoisotopic (exact) mass is 320 g/mol. The van der Waals surface area contributed by atoms with Gasteiger partial charge in [-0.1, -0.05) is 13.3 Å². The van der Waals surface area contributed by atoms with Gasteiger partial charge in [0.2, 0.25) is 10.0 Å². The number of hydrogen-bond donors (Lipinski definition) is 3. The van der Waals surface area contributed by atoms with Gasteiger partial charge in [0, 0.05) is 5.75 Å². The summed E-state index contributed by atoms with van der Waals surface area (Å²) in [5.74, 6) is -1.11. The van der Waals surface area contributed by atoms with E-state index in [-0.39, 0.29) is 21.9 Å². The minimum Gasteiger partial charge on any atom is -0.478 e. The molecule has 1 rings (SSSR count). The van der Waals surface area contributed by atoms with Crippen LogP contribution in [0.3, 0.4) is 0 Å². The van der Waals surface area contributed by atoms with Gasteiger partial charge in [-0.25, -0.2) is 18.4 Å². The van der Waals surface area contributed by atoms with Gasteiger partial charge in [-0.05, 0) is 18.6 Å². The van der Waals surface area contributed by atoms with E-state index in [1.165, 1.54) is 0 Å². The second-order valence-electron chi connectivity index (χ2n) is 4.15. The molecule has 0 spiro atoms. The predicted octanol–water partition coefficient (Wildman–Crippen LogP) is 0.522. The normalized spacial score (nSPS) is 13.1. The number of rotatable bonds is 6. The van der Waals surface area contributed by atoms with Crippen molar-refractivity contribution in [1.82, 2.24) is 0 Å². The molecule has 0 aliphatic heterocycles. The number of benzene rings is 1. The van der Waals surface area contributed by atoms with Gasteiger partial charge in [0.1, 0.15) is 4.90 Å². The first-order valence-corrected chi connectivity index (χ1v) is 8.63. The second-order valence-corrected chi connectivity index (χ2v) is 7.18. The zero-order valence-electron chi connectivity index (χ0n) is 10.8. The third-order valence-corrected chi connectivity index (χ3v) is 5.18. The molecule has 1 aromatic rings. The van der Waals surface area contributed by atoms with Gasteiger partial charge < -0.3 is 10.8 Å². The third-order valence-electron chi connectivity index (χ3n) is 2.55. The lowest BCUT2D eigenvalue weighted by Crippen LogP contribution is -2.18. The van der Waals surface area contributed by atoms with Crippen LogP contribution in [0.1, 0.15) is 30.1 Å². The maximum absolute atomic E-state index is 12.1. The van der Waals surface area contributed by atoms with Crippen LogP contribution in [0.25, 0.3) is 0 Å². The number of nitrogens with two attached hydrogens (primary N) is 2. The van der Waals surface area contributed by atoms with Gasteiger partial charge in [-0.3, -0.25) is 4.21 Å². The zero-order valence-corrected chi connectivity index (χ0v) is 12.5. The average Bonchev–Trinajstić information content (AvgIpc) is 2.33. The number of aromatic carboxylic acids is 1. The molecular formula is C11H16N2O5S2. The Hall–Kier alpha value is -1.45. The number of primary sulfonamides is 1. The lowest BCUT2D eigenvalue weighted by Gasteiger charge is -2.11. The summed E-state index contributed by atoms with van der Waals surface area (Å²) >= 11 is 0. The Bertz CT molecular complexity index is 655. The Morgan fingerprint density at radius 3 is 2.45 bits per heavy atom. The van der Waals surface area contributed by atoms with E-state index in [4.69, 9.17) is 16.0 Å². The predicted molar refractivity (Wildman–Crippen MR) is 75.4 cm³/mol. The van der Waals surface area contributed by atoms with Crippen LogP contribution < -0.4 is 10.9 Å². The number of carbonyl (C=O) groups is 1. The van der Waals surface area contributed by atoms with E-state index in [2.05, 4.69) is 0 Å². The smallest absolute Gasteiger partial charge is 0.335 e. The van der Waals surface area contributed by atoms with Gasteiger partial charge in [-0.2, -0.15) is 0 Å². The summed E-state index contributed by atoms with van der Waals surface area (Å²) in [4.78, 5) is 10.3. The van der Waals surface area contributed by atoms with Crippen molar-refractivity contribution in [3.05, 3.63) is 17.7 Å². The number of nitrogen functional groups attached to an aromatic ring is 1. The molecule has 20 heavy (non-hydrogen) atoms. The van der Waals surface area contributed by atoms with Gasteiger partial charge in [0.25, 0.3) is 0 Å². The minimum atomic E-state index is -4.22. The Kier molecular flexibility index (Phi) is 5.26. The van der Waals surface area contributed by atoms with Gasteiger partial charge in [-0.15, -0.1) is 0 Å². The molecule has 0 bridgehead atoms. The Morgan fingerprint density at radius 1 is 1.40 bits per heavy atom. The second kappa shape index (κ2) is 6.33. The van der Waals surface area contributed by atoms with Crippen molar-refractivity contribution in [2.24, 2.45) is 5.14 Å². The largest absolute Gasteiger partial charge is 0.478 e. The van der Waals surface area contributed by atoms with E-state index < -0.39 is 31.7 Å². The molecule has 0 fully saturated rings. The molecule has 1 atom stereocenters. The SMILES string of the molecule is CCCCS(=O)c1c(N)cc(C(=O)O)cc1S(N)(=O)=O. The van der Waals surface area contributed by atoms with Gasteiger partial charge in [0.05, 0.1) is 26.9 Å². The fourth-order valence-corrected chi connectivity index (χ4v) is 4.23. The van der Waals surface area contributed by atoms with E-state index in [1.54, 1.807) is 0 Å². The molecule has 1 unspecified atom stereocenters. The summed E-state index contributed by atoms with van der Waals surface area (Å²) in [6.07, 6.45) is 1.40. The van der Waals surface area contributed by atoms with Crippen LogP contribution in [-0.4, -0.2) is 29.5 Å². The van der Waals surface area contributed by atoms with Crippen LogP contribution in [0, 0.1) is 0 Å². The van der Waals surface area contributed by atoms with Crippen molar-refractivity contribution < 1.29 is 22.5 Å². The zero-order chi connectivity index (χ0) is 15.5. The Morgan fingerprint density at radius 2 is 2.00 bits per heavy atom. The summed E-state index contributed by atoms with van der Waals surface area (Å²) in [6.45, 7) is 1.90. The standard InChI is InChI=1S/C11H16N2O5S2/c1-2-3-4-19(16)10-8(12)5-7(11(14)15)6-9(10)20(13,17)18/h5-6H,2-4,12H2,1H3,(H,14,15)(H2,13,17,18). The molecule has 0 heterocycles.